The largest absolute Gasteiger partial charge is 0.368 e. The first-order valence-corrected chi connectivity index (χ1v) is 5.15. The van der Waals surface area contributed by atoms with E-state index in [1.54, 1.807) is 0 Å². The van der Waals surface area contributed by atoms with E-state index in [9.17, 15) is 14.4 Å². The van der Waals surface area contributed by atoms with Gasteiger partial charge in [-0.1, -0.05) is 0 Å². The van der Waals surface area contributed by atoms with Gasteiger partial charge in [0.2, 0.25) is 11.9 Å². The van der Waals surface area contributed by atoms with Crippen LogP contribution >= 0.6 is 0 Å². The quantitative estimate of drug-likeness (QED) is 0.448. The van der Waals surface area contributed by atoms with E-state index >= 15 is 0 Å². The second-order valence-corrected chi connectivity index (χ2v) is 3.56. The summed E-state index contributed by atoms with van der Waals surface area (Å²) in [6.07, 6.45) is 0.131. The van der Waals surface area contributed by atoms with E-state index in [1.165, 1.54) is 0 Å². The van der Waals surface area contributed by atoms with Crippen LogP contribution in [0.25, 0.3) is 0 Å². The van der Waals surface area contributed by atoms with E-state index in [2.05, 4.69) is 15.0 Å². The van der Waals surface area contributed by atoms with Gasteiger partial charge in [0.05, 0.1) is 0 Å². The van der Waals surface area contributed by atoms with Gasteiger partial charge in [0.25, 0.3) is 0 Å². The number of aryl methyl sites for hydroxylation is 1. The SMILES string of the molecule is Nc1nc(N)nc(CCn2c(=O)[nH]c(=O)[nH]c2=O)n1. The third kappa shape index (κ3) is 2.83. The number of nitrogens with one attached hydrogen (secondary N) is 2. The van der Waals surface area contributed by atoms with E-state index in [0.29, 0.717) is 0 Å². The number of anilines is 2. The lowest BCUT2D eigenvalue weighted by atomic mass is 10.4. The summed E-state index contributed by atoms with van der Waals surface area (Å²) in [6, 6.07) is 0. The van der Waals surface area contributed by atoms with Gasteiger partial charge in [0, 0.05) is 13.0 Å². The van der Waals surface area contributed by atoms with Gasteiger partial charge in [-0.15, -0.1) is 0 Å². The van der Waals surface area contributed by atoms with Crippen LogP contribution in [0.3, 0.4) is 0 Å². The second-order valence-electron chi connectivity index (χ2n) is 3.56. The van der Waals surface area contributed by atoms with Crippen molar-refractivity contribution in [3.8, 4) is 0 Å². The molecule has 11 nitrogen and oxygen atoms in total. The Bertz CT molecular complexity index is 718. The molecule has 11 heteroatoms. The predicted octanol–water partition coefficient (Wildman–Crippen LogP) is -3.18. The molecule has 0 amide bonds. The Labute approximate surface area is 104 Å². The first-order chi connectivity index (χ1) is 8.95. The Morgan fingerprint density at radius 3 is 2.00 bits per heavy atom. The Morgan fingerprint density at radius 2 is 1.47 bits per heavy atom. The highest BCUT2D eigenvalue weighted by Crippen LogP contribution is 1.99. The van der Waals surface area contributed by atoms with Crippen LogP contribution < -0.4 is 28.5 Å². The van der Waals surface area contributed by atoms with E-state index in [1.807, 2.05) is 9.97 Å². The normalized spacial score (nSPS) is 10.5. The summed E-state index contributed by atoms with van der Waals surface area (Å²) in [5.74, 6) is 0.137. The molecule has 6 N–H and O–H groups in total. The fraction of sp³-hybridized carbons (Fsp3) is 0.250. The molecule has 0 saturated heterocycles. The Kier molecular flexibility index (Phi) is 3.10. The van der Waals surface area contributed by atoms with Crippen molar-refractivity contribution < 1.29 is 0 Å². The topological polar surface area (TPSA) is 178 Å². The third-order valence-corrected chi connectivity index (χ3v) is 2.21. The molecular formula is C8H10N8O3. The summed E-state index contributed by atoms with van der Waals surface area (Å²) in [4.78, 5) is 48.7. The molecule has 0 aromatic carbocycles. The van der Waals surface area contributed by atoms with Gasteiger partial charge in [0.15, 0.2) is 0 Å². The highest BCUT2D eigenvalue weighted by molar-refractivity contribution is 5.25. The molecule has 0 aliphatic heterocycles. The minimum atomic E-state index is -0.861. The molecular weight excluding hydrogens is 256 g/mol. The zero-order chi connectivity index (χ0) is 14.0. The van der Waals surface area contributed by atoms with Crippen molar-refractivity contribution in [2.75, 3.05) is 11.5 Å². The van der Waals surface area contributed by atoms with Gasteiger partial charge < -0.3 is 11.5 Å². The van der Waals surface area contributed by atoms with Crippen LogP contribution in [0.15, 0.2) is 14.4 Å². The van der Waals surface area contributed by atoms with Crippen LogP contribution in [0, 0.1) is 0 Å². The molecule has 19 heavy (non-hydrogen) atoms. The van der Waals surface area contributed by atoms with Gasteiger partial charge in [-0.2, -0.15) is 15.0 Å². The molecule has 0 radical (unpaired) electrons. The number of nitrogens with zero attached hydrogens (tertiary/aromatic N) is 4. The lowest BCUT2D eigenvalue weighted by Gasteiger charge is -2.03. The van der Waals surface area contributed by atoms with Crippen LogP contribution in [0.1, 0.15) is 5.82 Å². The summed E-state index contributed by atoms with van der Waals surface area (Å²) in [7, 11) is 0. The molecule has 2 rings (SSSR count). The number of aromatic amines is 2. The molecule has 0 aliphatic rings. The van der Waals surface area contributed by atoms with Crippen molar-refractivity contribution in [1.82, 2.24) is 29.5 Å². The average molecular weight is 266 g/mol. The van der Waals surface area contributed by atoms with Gasteiger partial charge >= 0.3 is 17.1 Å². The number of aromatic nitrogens is 6. The zero-order valence-electron chi connectivity index (χ0n) is 9.58. The lowest BCUT2D eigenvalue weighted by molar-refractivity contribution is 0.584. The Balaban J connectivity index is 2.26. The predicted molar refractivity (Wildman–Crippen MR) is 64.3 cm³/mol. The number of hydrogen-bond donors (Lipinski definition) is 4. The monoisotopic (exact) mass is 266 g/mol. The van der Waals surface area contributed by atoms with E-state index in [0.717, 1.165) is 4.57 Å². The number of H-pyrrole nitrogens is 2. The maximum atomic E-state index is 11.4. The van der Waals surface area contributed by atoms with E-state index in [-0.39, 0.29) is 30.7 Å². The van der Waals surface area contributed by atoms with E-state index in [4.69, 9.17) is 11.5 Å². The third-order valence-electron chi connectivity index (χ3n) is 2.21. The van der Waals surface area contributed by atoms with Crippen molar-refractivity contribution in [1.29, 1.82) is 0 Å². The maximum absolute atomic E-state index is 11.4. The van der Waals surface area contributed by atoms with Crippen molar-refractivity contribution in [3.63, 3.8) is 0 Å². The Morgan fingerprint density at radius 1 is 0.947 bits per heavy atom. The van der Waals surface area contributed by atoms with Crippen LogP contribution in [-0.4, -0.2) is 29.5 Å². The summed E-state index contributed by atoms with van der Waals surface area (Å²) in [5.41, 5.74) is 8.27. The minimum Gasteiger partial charge on any atom is -0.368 e. The van der Waals surface area contributed by atoms with Crippen molar-refractivity contribution in [2.24, 2.45) is 0 Å². The standard InChI is InChI=1S/C8H10N8O3/c9-4-11-3(12-5(10)13-4)1-2-16-7(18)14-6(17)15-8(16)19/h1-2H2,(H4,9,10,11,12,13)(H2,14,15,17,18,19). The fourth-order valence-electron chi connectivity index (χ4n) is 1.44. The van der Waals surface area contributed by atoms with Gasteiger partial charge in [-0.05, 0) is 0 Å². The Hall–Kier alpha value is -2.98. The average Bonchev–Trinajstić information content (AvgIpc) is 2.25. The van der Waals surface area contributed by atoms with Crippen molar-refractivity contribution in [2.45, 2.75) is 13.0 Å². The number of hydrogen-bond acceptors (Lipinski definition) is 8. The number of rotatable bonds is 3. The molecule has 0 bridgehead atoms. The molecule has 0 atom stereocenters. The number of nitrogen functional groups attached to an aromatic ring is 2. The minimum absolute atomic E-state index is 0.0339. The molecule has 0 spiro atoms. The highest BCUT2D eigenvalue weighted by atomic mass is 16.2. The molecule has 0 unspecified atom stereocenters. The highest BCUT2D eigenvalue weighted by Gasteiger charge is 2.06. The van der Waals surface area contributed by atoms with Crippen LogP contribution in [-0.2, 0) is 13.0 Å². The maximum Gasteiger partial charge on any atom is 0.333 e. The molecule has 2 aromatic heterocycles. The van der Waals surface area contributed by atoms with Gasteiger partial charge in [-0.3, -0.25) is 9.97 Å². The summed E-state index contributed by atoms with van der Waals surface area (Å²) >= 11 is 0. The number of nitrogens with two attached hydrogens (primary N) is 2. The van der Waals surface area contributed by atoms with Crippen LogP contribution in [0.4, 0.5) is 11.9 Å². The summed E-state index contributed by atoms with van der Waals surface area (Å²) in [5, 5.41) is 0. The molecule has 0 saturated carbocycles. The molecule has 0 fully saturated rings. The summed E-state index contributed by atoms with van der Waals surface area (Å²) in [6.45, 7) is -0.0339. The van der Waals surface area contributed by atoms with Gasteiger partial charge in [-0.25, -0.2) is 19.0 Å². The van der Waals surface area contributed by atoms with Crippen molar-refractivity contribution >= 4 is 11.9 Å². The first-order valence-electron chi connectivity index (χ1n) is 5.15. The van der Waals surface area contributed by atoms with E-state index < -0.39 is 17.1 Å². The smallest absolute Gasteiger partial charge is 0.333 e. The lowest BCUT2D eigenvalue weighted by Crippen LogP contribution is -2.43. The molecule has 0 aliphatic carbocycles. The van der Waals surface area contributed by atoms with Gasteiger partial charge in [0.1, 0.15) is 5.82 Å². The summed E-state index contributed by atoms with van der Waals surface area (Å²) < 4.78 is 0.803. The molecule has 2 heterocycles. The second kappa shape index (κ2) is 4.72. The zero-order valence-corrected chi connectivity index (χ0v) is 9.58. The van der Waals surface area contributed by atoms with Crippen molar-refractivity contribution in [3.05, 3.63) is 37.3 Å². The van der Waals surface area contributed by atoms with Crippen LogP contribution in [0.2, 0.25) is 0 Å². The van der Waals surface area contributed by atoms with Crippen LogP contribution in [0.5, 0.6) is 0 Å². The fourth-order valence-corrected chi connectivity index (χ4v) is 1.44. The molecule has 2 aromatic rings. The first kappa shape index (κ1) is 12.5. The molecule has 100 valence electrons.